The van der Waals surface area contributed by atoms with Crippen LogP contribution in [0.3, 0.4) is 0 Å². The molecular formula is C16H14ClNO4. The minimum absolute atomic E-state index is 0.231. The molecule has 0 fully saturated rings. The second kappa shape index (κ2) is 6.95. The SMILES string of the molecule is COc1ccccc1C(=O)COC(=O)c1ccc(Cl)c(N)c1. The predicted octanol–water partition coefficient (Wildman–Crippen LogP) is 2.97. The second-order valence-corrected chi connectivity index (χ2v) is 4.84. The Labute approximate surface area is 132 Å². The number of ether oxygens (including phenoxy) is 2. The number of methoxy groups -OCH3 is 1. The number of esters is 1. The second-order valence-electron chi connectivity index (χ2n) is 4.44. The number of nitrogen functional groups attached to an aromatic ring is 1. The van der Waals surface area contributed by atoms with Crippen molar-refractivity contribution in [3.8, 4) is 5.75 Å². The van der Waals surface area contributed by atoms with Gasteiger partial charge in [0, 0.05) is 0 Å². The first-order valence-electron chi connectivity index (χ1n) is 6.41. The molecular weight excluding hydrogens is 306 g/mol. The molecule has 0 saturated carbocycles. The van der Waals surface area contributed by atoms with Crippen molar-refractivity contribution in [2.24, 2.45) is 0 Å². The fraction of sp³-hybridized carbons (Fsp3) is 0.125. The highest BCUT2D eigenvalue weighted by molar-refractivity contribution is 6.33. The van der Waals surface area contributed by atoms with Crippen LogP contribution in [0.2, 0.25) is 5.02 Å². The van der Waals surface area contributed by atoms with Crippen molar-refractivity contribution in [3.05, 3.63) is 58.6 Å². The lowest BCUT2D eigenvalue weighted by Gasteiger charge is -2.08. The van der Waals surface area contributed by atoms with E-state index >= 15 is 0 Å². The summed E-state index contributed by atoms with van der Waals surface area (Å²) in [6, 6.07) is 11.1. The molecule has 0 aliphatic carbocycles. The standard InChI is InChI=1S/C16H14ClNO4/c1-21-15-5-3-2-4-11(15)14(19)9-22-16(20)10-6-7-12(17)13(18)8-10/h2-8H,9,18H2,1H3. The zero-order valence-corrected chi connectivity index (χ0v) is 12.6. The molecule has 0 saturated heterocycles. The van der Waals surface area contributed by atoms with Gasteiger partial charge < -0.3 is 15.2 Å². The lowest BCUT2D eigenvalue weighted by molar-refractivity contribution is 0.0474. The van der Waals surface area contributed by atoms with E-state index < -0.39 is 5.97 Å². The van der Waals surface area contributed by atoms with Gasteiger partial charge in [0.1, 0.15) is 5.75 Å². The zero-order valence-electron chi connectivity index (χ0n) is 11.8. The molecule has 0 aromatic heterocycles. The number of para-hydroxylation sites is 1. The van der Waals surface area contributed by atoms with Crippen LogP contribution in [-0.2, 0) is 4.74 Å². The van der Waals surface area contributed by atoms with Gasteiger partial charge in [0.05, 0.1) is 28.9 Å². The number of carbonyl (C=O) groups is 2. The Hall–Kier alpha value is -2.53. The highest BCUT2D eigenvalue weighted by Gasteiger charge is 2.15. The fourth-order valence-electron chi connectivity index (χ4n) is 1.84. The van der Waals surface area contributed by atoms with E-state index in [0.29, 0.717) is 16.3 Å². The fourth-order valence-corrected chi connectivity index (χ4v) is 1.96. The molecule has 0 spiro atoms. The van der Waals surface area contributed by atoms with Crippen LogP contribution in [0.4, 0.5) is 5.69 Å². The number of Topliss-reactive ketones (excluding diaryl/α,β-unsaturated/α-hetero) is 1. The van der Waals surface area contributed by atoms with Crippen LogP contribution in [0.1, 0.15) is 20.7 Å². The first-order valence-corrected chi connectivity index (χ1v) is 6.79. The first kappa shape index (κ1) is 15.9. The van der Waals surface area contributed by atoms with Crippen molar-refractivity contribution in [2.45, 2.75) is 0 Å². The summed E-state index contributed by atoms with van der Waals surface area (Å²) in [5.41, 5.74) is 6.48. The van der Waals surface area contributed by atoms with Gasteiger partial charge in [0.15, 0.2) is 6.61 Å². The largest absolute Gasteiger partial charge is 0.496 e. The summed E-state index contributed by atoms with van der Waals surface area (Å²) < 4.78 is 10.1. The molecule has 0 heterocycles. The van der Waals surface area contributed by atoms with Gasteiger partial charge in [-0.15, -0.1) is 0 Å². The molecule has 0 bridgehead atoms. The minimum Gasteiger partial charge on any atom is -0.496 e. The molecule has 6 heteroatoms. The normalized spacial score (nSPS) is 10.1. The topological polar surface area (TPSA) is 78.6 Å². The van der Waals surface area contributed by atoms with E-state index in [1.54, 1.807) is 24.3 Å². The minimum atomic E-state index is -0.647. The number of anilines is 1. The van der Waals surface area contributed by atoms with Crippen LogP contribution in [0, 0.1) is 0 Å². The molecule has 5 nitrogen and oxygen atoms in total. The van der Waals surface area contributed by atoms with E-state index in [2.05, 4.69) is 0 Å². The lowest BCUT2D eigenvalue weighted by atomic mass is 10.1. The Bertz CT molecular complexity index is 715. The summed E-state index contributed by atoms with van der Waals surface area (Å²) >= 11 is 5.78. The quantitative estimate of drug-likeness (QED) is 0.520. The summed E-state index contributed by atoms with van der Waals surface area (Å²) in [6.07, 6.45) is 0. The monoisotopic (exact) mass is 319 g/mol. The third-order valence-electron chi connectivity index (χ3n) is 2.97. The van der Waals surface area contributed by atoms with Gasteiger partial charge in [0.2, 0.25) is 5.78 Å². The highest BCUT2D eigenvalue weighted by atomic mass is 35.5. The summed E-state index contributed by atoms with van der Waals surface area (Å²) in [6.45, 7) is -0.387. The Morgan fingerprint density at radius 2 is 1.91 bits per heavy atom. The Balaban J connectivity index is 2.04. The Morgan fingerprint density at radius 1 is 1.18 bits per heavy atom. The van der Waals surface area contributed by atoms with E-state index in [0.717, 1.165) is 0 Å². The molecule has 0 aliphatic heterocycles. The van der Waals surface area contributed by atoms with E-state index in [1.807, 2.05) is 0 Å². The number of carbonyl (C=O) groups excluding carboxylic acids is 2. The zero-order chi connectivity index (χ0) is 16.1. The number of benzene rings is 2. The molecule has 0 amide bonds. The summed E-state index contributed by atoms with van der Waals surface area (Å²) in [4.78, 5) is 24.0. The van der Waals surface area contributed by atoms with Crippen molar-refractivity contribution in [1.29, 1.82) is 0 Å². The maximum absolute atomic E-state index is 12.1. The molecule has 22 heavy (non-hydrogen) atoms. The molecule has 2 aromatic carbocycles. The number of rotatable bonds is 5. The smallest absolute Gasteiger partial charge is 0.338 e. The third-order valence-corrected chi connectivity index (χ3v) is 3.32. The first-order chi connectivity index (χ1) is 10.5. The molecule has 0 unspecified atom stereocenters. The van der Waals surface area contributed by atoms with Gasteiger partial charge in [-0.05, 0) is 30.3 Å². The summed E-state index contributed by atoms with van der Waals surface area (Å²) in [5, 5.41) is 0.349. The van der Waals surface area contributed by atoms with Crippen molar-refractivity contribution < 1.29 is 19.1 Å². The van der Waals surface area contributed by atoms with Crippen molar-refractivity contribution in [2.75, 3.05) is 19.5 Å². The Morgan fingerprint density at radius 3 is 2.59 bits per heavy atom. The highest BCUT2D eigenvalue weighted by Crippen LogP contribution is 2.21. The molecule has 2 aromatic rings. The Kier molecular flexibility index (Phi) is 5.01. The van der Waals surface area contributed by atoms with Crippen LogP contribution in [0.15, 0.2) is 42.5 Å². The van der Waals surface area contributed by atoms with Crippen LogP contribution in [0.5, 0.6) is 5.75 Å². The van der Waals surface area contributed by atoms with Gasteiger partial charge in [-0.25, -0.2) is 4.79 Å². The molecule has 2 rings (SSSR count). The lowest BCUT2D eigenvalue weighted by Crippen LogP contribution is -2.15. The number of hydrogen-bond donors (Lipinski definition) is 1. The van der Waals surface area contributed by atoms with E-state index in [1.165, 1.54) is 25.3 Å². The predicted molar refractivity (Wildman–Crippen MR) is 83.5 cm³/mol. The molecule has 114 valence electrons. The number of halogens is 1. The average molecular weight is 320 g/mol. The van der Waals surface area contributed by atoms with Crippen LogP contribution in [0.25, 0.3) is 0 Å². The van der Waals surface area contributed by atoms with Gasteiger partial charge in [-0.1, -0.05) is 23.7 Å². The molecule has 0 aliphatic rings. The van der Waals surface area contributed by atoms with Gasteiger partial charge in [-0.2, -0.15) is 0 Å². The van der Waals surface area contributed by atoms with E-state index in [4.69, 9.17) is 26.8 Å². The number of ketones is 1. The third kappa shape index (κ3) is 3.56. The molecule has 0 radical (unpaired) electrons. The van der Waals surface area contributed by atoms with Crippen LogP contribution in [-0.4, -0.2) is 25.5 Å². The van der Waals surface area contributed by atoms with Gasteiger partial charge in [-0.3, -0.25) is 4.79 Å². The summed E-state index contributed by atoms with van der Waals surface area (Å²) in [7, 11) is 1.47. The van der Waals surface area contributed by atoms with E-state index in [9.17, 15) is 9.59 Å². The van der Waals surface area contributed by atoms with Crippen LogP contribution >= 0.6 is 11.6 Å². The maximum Gasteiger partial charge on any atom is 0.338 e. The number of nitrogens with two attached hydrogens (primary N) is 1. The van der Waals surface area contributed by atoms with Crippen molar-refractivity contribution in [1.82, 2.24) is 0 Å². The van der Waals surface area contributed by atoms with Gasteiger partial charge in [0.25, 0.3) is 0 Å². The van der Waals surface area contributed by atoms with Crippen LogP contribution < -0.4 is 10.5 Å². The van der Waals surface area contributed by atoms with Crippen molar-refractivity contribution in [3.63, 3.8) is 0 Å². The molecule has 0 atom stereocenters. The molecule has 2 N–H and O–H groups in total. The number of hydrogen-bond acceptors (Lipinski definition) is 5. The summed E-state index contributed by atoms with van der Waals surface area (Å²) in [5.74, 6) is -0.571. The average Bonchev–Trinajstić information content (AvgIpc) is 2.54. The van der Waals surface area contributed by atoms with Crippen molar-refractivity contribution >= 4 is 29.0 Å². The van der Waals surface area contributed by atoms with Gasteiger partial charge >= 0.3 is 5.97 Å². The maximum atomic E-state index is 12.1. The van der Waals surface area contributed by atoms with E-state index in [-0.39, 0.29) is 23.6 Å².